The van der Waals surface area contributed by atoms with Gasteiger partial charge in [0, 0.05) is 13.6 Å². The lowest BCUT2D eigenvalue weighted by Gasteiger charge is -2.01. The second-order valence-corrected chi connectivity index (χ2v) is 1.53. The zero-order valence-corrected chi connectivity index (χ0v) is 5.82. The molecule has 4 nitrogen and oxygen atoms in total. The summed E-state index contributed by atoms with van der Waals surface area (Å²) in [4.78, 5) is 15.0. The van der Waals surface area contributed by atoms with Gasteiger partial charge in [-0.15, -0.1) is 0 Å². The maximum absolute atomic E-state index is 11.4. The molecule has 0 saturated carbocycles. The van der Waals surface area contributed by atoms with Crippen LogP contribution in [-0.2, 0) is 9.63 Å². The lowest BCUT2D eigenvalue weighted by Crippen LogP contribution is -2.31. The van der Waals surface area contributed by atoms with Crippen LogP contribution in [0.1, 0.15) is 0 Å². The highest BCUT2D eigenvalue weighted by Gasteiger charge is 1.97. The van der Waals surface area contributed by atoms with Crippen LogP contribution in [0.5, 0.6) is 0 Å². The van der Waals surface area contributed by atoms with E-state index in [9.17, 15) is 9.18 Å². The Balaban J connectivity index is 3.09. The number of nitrogens with one attached hydrogen (secondary N) is 2. The molecule has 0 aliphatic carbocycles. The van der Waals surface area contributed by atoms with Gasteiger partial charge in [-0.25, -0.2) is 9.87 Å². The quantitative estimate of drug-likeness (QED) is 0.504. The Hall–Kier alpha value is -0.680. The number of hydrogen-bond donors (Lipinski definition) is 2. The highest BCUT2D eigenvalue weighted by Crippen LogP contribution is 1.69. The summed E-state index contributed by atoms with van der Waals surface area (Å²) >= 11 is 0. The van der Waals surface area contributed by atoms with E-state index in [-0.39, 0.29) is 19.1 Å². The summed E-state index contributed by atoms with van der Waals surface area (Å²) in [6.45, 7) is -0.590. The molecular formula is C5H11FN2O2. The number of hydroxylamine groups is 1. The minimum Gasteiger partial charge on any atom is -0.351 e. The van der Waals surface area contributed by atoms with Gasteiger partial charge in [-0.2, -0.15) is 0 Å². The van der Waals surface area contributed by atoms with Crippen molar-refractivity contribution in [1.82, 2.24) is 10.8 Å². The van der Waals surface area contributed by atoms with E-state index in [0.717, 1.165) is 0 Å². The van der Waals surface area contributed by atoms with Crippen molar-refractivity contribution in [2.75, 3.05) is 26.9 Å². The molecule has 2 N–H and O–H groups in total. The number of carbonyl (C=O) groups is 1. The van der Waals surface area contributed by atoms with Gasteiger partial charge in [0.1, 0.15) is 13.3 Å². The Labute approximate surface area is 58.7 Å². The van der Waals surface area contributed by atoms with Crippen molar-refractivity contribution in [3.8, 4) is 0 Å². The number of carbonyl (C=O) groups excluding carboxylic acids is 1. The van der Waals surface area contributed by atoms with Gasteiger partial charge in [0.15, 0.2) is 0 Å². The Morgan fingerprint density at radius 1 is 1.70 bits per heavy atom. The van der Waals surface area contributed by atoms with Crippen molar-refractivity contribution in [1.29, 1.82) is 0 Å². The zero-order valence-electron chi connectivity index (χ0n) is 5.82. The van der Waals surface area contributed by atoms with Crippen LogP contribution in [0.4, 0.5) is 4.39 Å². The fourth-order valence-corrected chi connectivity index (χ4v) is 0.375. The highest BCUT2D eigenvalue weighted by molar-refractivity contribution is 5.77. The lowest BCUT2D eigenvalue weighted by molar-refractivity contribution is -0.127. The normalized spacial score (nSPS) is 9.40. The Bertz CT molecular complexity index is 89.6. The molecule has 0 atom stereocenters. The molecule has 0 bridgehead atoms. The molecule has 0 saturated heterocycles. The molecule has 0 radical (unpaired) electrons. The molecule has 0 rings (SSSR count). The first-order chi connectivity index (χ1) is 4.81. The molecule has 0 spiro atoms. The van der Waals surface area contributed by atoms with Gasteiger partial charge in [-0.3, -0.25) is 9.63 Å². The summed E-state index contributed by atoms with van der Waals surface area (Å²) in [5.74, 6) is -0.327. The third-order valence-corrected chi connectivity index (χ3v) is 0.764. The number of amides is 1. The fraction of sp³-hybridized carbons (Fsp3) is 0.800. The zero-order chi connectivity index (χ0) is 7.82. The summed E-state index contributed by atoms with van der Waals surface area (Å²) in [5.41, 5.74) is 2.32. The summed E-state index contributed by atoms with van der Waals surface area (Å²) in [5, 5.41) is 2.29. The molecule has 0 fully saturated rings. The highest BCUT2D eigenvalue weighted by atomic mass is 18.2. The fourth-order valence-electron chi connectivity index (χ4n) is 0.375. The first-order valence-corrected chi connectivity index (χ1v) is 2.92. The molecule has 0 aromatic rings. The molecule has 60 valence electrons. The molecular weight excluding hydrogens is 138 g/mol. The van der Waals surface area contributed by atoms with E-state index in [0.29, 0.717) is 0 Å². The maximum atomic E-state index is 11.4. The van der Waals surface area contributed by atoms with E-state index >= 15 is 0 Å². The maximum Gasteiger partial charge on any atom is 0.248 e. The number of hydrogen-bond acceptors (Lipinski definition) is 3. The third kappa shape index (κ3) is 5.46. The standard InChI is InChI=1S/C5H11FN2O2/c1-7-10-4-5(9)8-3-2-6/h7H,2-4H2,1H3,(H,8,9)/i6-1. The minimum absolute atomic E-state index is 0.0475. The Morgan fingerprint density at radius 2 is 2.40 bits per heavy atom. The monoisotopic (exact) mass is 149 g/mol. The van der Waals surface area contributed by atoms with E-state index in [2.05, 4.69) is 15.6 Å². The summed E-state index contributed by atoms with van der Waals surface area (Å²) in [6, 6.07) is 0. The van der Waals surface area contributed by atoms with Crippen LogP contribution >= 0.6 is 0 Å². The number of rotatable bonds is 5. The molecule has 1 amide bonds. The molecule has 5 heteroatoms. The second-order valence-electron chi connectivity index (χ2n) is 1.53. The first-order valence-electron chi connectivity index (χ1n) is 2.92. The van der Waals surface area contributed by atoms with Gasteiger partial charge in [-0.05, 0) is 0 Å². The van der Waals surface area contributed by atoms with Crippen molar-refractivity contribution in [2.24, 2.45) is 0 Å². The molecule has 0 aromatic carbocycles. The van der Waals surface area contributed by atoms with E-state index in [1.165, 1.54) is 0 Å². The Morgan fingerprint density at radius 3 is 2.90 bits per heavy atom. The molecule has 10 heavy (non-hydrogen) atoms. The van der Waals surface area contributed by atoms with Crippen molar-refractivity contribution in [3.05, 3.63) is 0 Å². The summed E-state index contributed by atoms with van der Waals surface area (Å²) < 4.78 is 11.4. The van der Waals surface area contributed by atoms with E-state index in [1.807, 2.05) is 0 Å². The topological polar surface area (TPSA) is 50.4 Å². The smallest absolute Gasteiger partial charge is 0.248 e. The Kier molecular flexibility index (Phi) is 6.00. The van der Waals surface area contributed by atoms with Crippen molar-refractivity contribution >= 4 is 5.91 Å². The van der Waals surface area contributed by atoms with Crippen molar-refractivity contribution in [3.63, 3.8) is 0 Å². The molecule has 0 unspecified atom stereocenters. The van der Waals surface area contributed by atoms with Gasteiger partial charge < -0.3 is 5.32 Å². The van der Waals surface area contributed by atoms with E-state index < -0.39 is 6.67 Å². The van der Waals surface area contributed by atoms with Gasteiger partial charge in [-0.1, -0.05) is 0 Å². The predicted molar refractivity (Wildman–Crippen MR) is 34.0 cm³/mol. The lowest BCUT2D eigenvalue weighted by atomic mass is 10.6. The average Bonchev–Trinajstić information content (AvgIpc) is 1.97. The predicted octanol–water partition coefficient (Wildman–Crippen LogP) is -0.777. The van der Waals surface area contributed by atoms with Crippen LogP contribution in [0, 0.1) is 0 Å². The summed E-state index contributed by atoms with van der Waals surface area (Å²) in [6.07, 6.45) is 0. The number of alkyl halides is 1. The van der Waals surface area contributed by atoms with Crippen molar-refractivity contribution < 1.29 is 14.0 Å². The van der Waals surface area contributed by atoms with Crippen LogP contribution in [0.3, 0.4) is 0 Å². The molecule has 0 aliphatic rings. The van der Waals surface area contributed by atoms with Gasteiger partial charge >= 0.3 is 0 Å². The van der Waals surface area contributed by atoms with Crippen LogP contribution in [-0.4, -0.2) is 32.8 Å². The van der Waals surface area contributed by atoms with Gasteiger partial charge in [0.2, 0.25) is 5.91 Å². The van der Waals surface area contributed by atoms with Crippen LogP contribution in [0.2, 0.25) is 0 Å². The third-order valence-electron chi connectivity index (χ3n) is 0.764. The van der Waals surface area contributed by atoms with Gasteiger partial charge in [0.05, 0.1) is 0 Å². The van der Waals surface area contributed by atoms with Gasteiger partial charge in [0.25, 0.3) is 0 Å². The van der Waals surface area contributed by atoms with Crippen LogP contribution in [0.15, 0.2) is 0 Å². The van der Waals surface area contributed by atoms with E-state index in [4.69, 9.17) is 0 Å². The van der Waals surface area contributed by atoms with Crippen molar-refractivity contribution in [2.45, 2.75) is 0 Å². The second kappa shape index (κ2) is 6.44. The SMILES string of the molecule is CNOCC(=O)NCC[18F]. The molecule has 0 aliphatic heterocycles. The molecule has 0 heterocycles. The largest absolute Gasteiger partial charge is 0.351 e. The molecule has 0 aromatic heterocycles. The average molecular weight is 149 g/mol. The number of halogens is 1. The van der Waals surface area contributed by atoms with E-state index in [1.54, 1.807) is 7.05 Å². The minimum atomic E-state index is -0.550. The summed E-state index contributed by atoms with van der Waals surface area (Å²) in [7, 11) is 1.54. The van der Waals surface area contributed by atoms with Crippen LogP contribution in [0.25, 0.3) is 0 Å². The first kappa shape index (κ1) is 9.32. The van der Waals surface area contributed by atoms with Crippen LogP contribution < -0.4 is 10.8 Å².